The fraction of sp³-hybridized carbons (Fsp3) is 0.208. The molecule has 8 heteroatoms. The molecule has 1 amide bonds. The van der Waals surface area contributed by atoms with Gasteiger partial charge in [0.1, 0.15) is 5.75 Å². The van der Waals surface area contributed by atoms with Gasteiger partial charge in [0.2, 0.25) is 10.0 Å². The summed E-state index contributed by atoms with van der Waals surface area (Å²) in [7, 11) is -3.60. The highest BCUT2D eigenvalue weighted by atomic mass is 35.5. The Kier molecular flexibility index (Phi) is 8.67. The van der Waals surface area contributed by atoms with Gasteiger partial charge < -0.3 is 10.1 Å². The van der Waals surface area contributed by atoms with Crippen molar-refractivity contribution in [1.82, 2.24) is 10.0 Å². The van der Waals surface area contributed by atoms with Crippen LogP contribution in [-0.2, 0) is 27.8 Å². The molecule has 0 radical (unpaired) electrons. The lowest BCUT2D eigenvalue weighted by Crippen LogP contribution is -2.28. The Labute approximate surface area is 193 Å². The molecule has 0 heterocycles. The van der Waals surface area contributed by atoms with Gasteiger partial charge in [0.05, 0.1) is 4.90 Å². The van der Waals surface area contributed by atoms with Crippen LogP contribution in [0.1, 0.15) is 17.5 Å². The molecular weight excluding hydrogens is 448 g/mol. The summed E-state index contributed by atoms with van der Waals surface area (Å²) in [4.78, 5) is 12.1. The van der Waals surface area contributed by atoms with Crippen molar-refractivity contribution < 1.29 is 17.9 Å². The van der Waals surface area contributed by atoms with Gasteiger partial charge >= 0.3 is 0 Å². The molecule has 3 aromatic rings. The second kappa shape index (κ2) is 11.7. The normalized spacial score (nSPS) is 11.2. The Bertz CT molecular complexity index is 1100. The SMILES string of the molecule is O=C(COc1ccc(S(=O)(=O)NCCCc2ccccc2)cc1)NCc1ccc(Cl)cc1. The molecule has 0 aliphatic heterocycles. The van der Waals surface area contributed by atoms with Gasteiger partial charge in [-0.25, -0.2) is 13.1 Å². The fourth-order valence-corrected chi connectivity index (χ4v) is 4.15. The predicted octanol–water partition coefficient (Wildman–Crippen LogP) is 3.95. The molecule has 2 N–H and O–H groups in total. The van der Waals surface area contributed by atoms with Gasteiger partial charge in [0.25, 0.3) is 5.91 Å². The van der Waals surface area contributed by atoms with Gasteiger partial charge in [-0.1, -0.05) is 54.1 Å². The Morgan fingerprint density at radius 1 is 0.875 bits per heavy atom. The number of carbonyl (C=O) groups excluding carboxylic acids is 1. The van der Waals surface area contributed by atoms with Crippen molar-refractivity contribution in [3.8, 4) is 5.75 Å². The third kappa shape index (κ3) is 7.67. The van der Waals surface area contributed by atoms with Crippen LogP contribution < -0.4 is 14.8 Å². The number of amides is 1. The van der Waals surface area contributed by atoms with E-state index in [4.69, 9.17) is 16.3 Å². The van der Waals surface area contributed by atoms with Crippen molar-refractivity contribution in [3.05, 3.63) is 95.0 Å². The van der Waals surface area contributed by atoms with Crippen LogP contribution in [0.5, 0.6) is 5.75 Å². The summed E-state index contributed by atoms with van der Waals surface area (Å²) in [6.45, 7) is 0.549. The molecule has 3 rings (SSSR count). The van der Waals surface area contributed by atoms with E-state index >= 15 is 0 Å². The van der Waals surface area contributed by atoms with E-state index in [1.165, 1.54) is 29.8 Å². The van der Waals surface area contributed by atoms with Gasteiger partial charge in [-0.3, -0.25) is 4.79 Å². The number of halogens is 1. The Hall–Kier alpha value is -2.87. The van der Waals surface area contributed by atoms with Gasteiger partial charge in [0.15, 0.2) is 6.61 Å². The van der Waals surface area contributed by atoms with Gasteiger partial charge in [-0.15, -0.1) is 0 Å². The molecule has 0 saturated carbocycles. The van der Waals surface area contributed by atoms with E-state index < -0.39 is 10.0 Å². The maximum atomic E-state index is 12.4. The van der Waals surface area contributed by atoms with Crippen molar-refractivity contribution in [2.75, 3.05) is 13.2 Å². The van der Waals surface area contributed by atoms with E-state index in [0.717, 1.165) is 12.0 Å². The first-order chi connectivity index (χ1) is 15.4. The summed E-state index contributed by atoms with van der Waals surface area (Å²) < 4.78 is 32.9. The number of rotatable bonds is 11. The zero-order chi connectivity index (χ0) is 22.8. The molecule has 32 heavy (non-hydrogen) atoms. The average molecular weight is 473 g/mol. The largest absolute Gasteiger partial charge is 0.484 e. The summed E-state index contributed by atoms with van der Waals surface area (Å²) in [6.07, 6.45) is 1.51. The third-order valence-corrected chi connectivity index (χ3v) is 6.41. The summed E-state index contributed by atoms with van der Waals surface area (Å²) in [5.41, 5.74) is 2.10. The highest BCUT2D eigenvalue weighted by Gasteiger charge is 2.13. The molecule has 0 atom stereocenters. The molecule has 0 aliphatic carbocycles. The van der Waals surface area contributed by atoms with E-state index in [1.54, 1.807) is 12.1 Å². The molecule has 0 aromatic heterocycles. The zero-order valence-corrected chi connectivity index (χ0v) is 19.0. The third-order valence-electron chi connectivity index (χ3n) is 4.68. The number of carbonyl (C=O) groups is 1. The van der Waals surface area contributed by atoms with E-state index in [9.17, 15) is 13.2 Å². The van der Waals surface area contributed by atoms with E-state index in [-0.39, 0.29) is 17.4 Å². The quantitative estimate of drug-likeness (QED) is 0.414. The minimum absolute atomic E-state index is 0.150. The highest BCUT2D eigenvalue weighted by molar-refractivity contribution is 7.89. The second-order valence-corrected chi connectivity index (χ2v) is 9.35. The van der Waals surface area contributed by atoms with Crippen LogP contribution in [0.3, 0.4) is 0 Å². The number of ether oxygens (including phenoxy) is 1. The number of hydrogen-bond donors (Lipinski definition) is 2. The fourth-order valence-electron chi connectivity index (χ4n) is 2.94. The van der Waals surface area contributed by atoms with E-state index in [2.05, 4.69) is 10.0 Å². The molecule has 168 valence electrons. The molecular formula is C24H25ClN2O4S. The molecule has 0 bridgehead atoms. The first kappa shape index (κ1) is 23.8. The second-order valence-electron chi connectivity index (χ2n) is 7.15. The summed E-state index contributed by atoms with van der Waals surface area (Å²) >= 11 is 5.84. The van der Waals surface area contributed by atoms with Gasteiger partial charge in [0, 0.05) is 18.1 Å². The predicted molar refractivity (Wildman–Crippen MR) is 125 cm³/mol. The molecule has 0 saturated heterocycles. The lowest BCUT2D eigenvalue weighted by molar-refractivity contribution is -0.123. The highest BCUT2D eigenvalue weighted by Crippen LogP contribution is 2.16. The Morgan fingerprint density at radius 2 is 1.56 bits per heavy atom. The summed E-state index contributed by atoms with van der Waals surface area (Å²) in [5.74, 6) is 0.131. The van der Waals surface area contributed by atoms with Crippen molar-refractivity contribution in [2.24, 2.45) is 0 Å². The average Bonchev–Trinajstić information content (AvgIpc) is 2.81. The first-order valence-corrected chi connectivity index (χ1v) is 12.1. The van der Waals surface area contributed by atoms with E-state index in [1.807, 2.05) is 42.5 Å². The van der Waals surface area contributed by atoms with Crippen molar-refractivity contribution >= 4 is 27.5 Å². The molecule has 3 aromatic carbocycles. The number of nitrogens with one attached hydrogen (secondary N) is 2. The number of sulfonamides is 1. The van der Waals surface area contributed by atoms with Crippen LogP contribution in [0.4, 0.5) is 0 Å². The topological polar surface area (TPSA) is 84.5 Å². The van der Waals surface area contributed by atoms with Gasteiger partial charge in [-0.2, -0.15) is 0 Å². The van der Waals surface area contributed by atoms with Crippen LogP contribution in [0, 0.1) is 0 Å². The minimum Gasteiger partial charge on any atom is -0.484 e. The van der Waals surface area contributed by atoms with Crippen LogP contribution >= 0.6 is 11.6 Å². The maximum Gasteiger partial charge on any atom is 0.258 e. The van der Waals surface area contributed by atoms with E-state index in [0.29, 0.717) is 30.3 Å². The zero-order valence-electron chi connectivity index (χ0n) is 17.5. The molecule has 0 unspecified atom stereocenters. The van der Waals surface area contributed by atoms with Crippen LogP contribution in [-0.4, -0.2) is 27.5 Å². The van der Waals surface area contributed by atoms with Crippen molar-refractivity contribution in [2.45, 2.75) is 24.3 Å². The molecule has 0 spiro atoms. The minimum atomic E-state index is -3.60. The lowest BCUT2D eigenvalue weighted by Gasteiger charge is -2.10. The van der Waals surface area contributed by atoms with Crippen molar-refractivity contribution in [1.29, 1.82) is 0 Å². The Morgan fingerprint density at radius 3 is 2.25 bits per heavy atom. The number of hydrogen-bond acceptors (Lipinski definition) is 4. The molecule has 0 fully saturated rings. The standard InChI is InChI=1S/C24H25ClN2O4S/c25-21-10-8-20(9-11-21)17-26-24(28)18-31-22-12-14-23(15-13-22)32(29,30)27-16-4-7-19-5-2-1-3-6-19/h1-3,5-6,8-15,27H,4,7,16-18H2,(H,26,28). The molecule has 6 nitrogen and oxygen atoms in total. The smallest absolute Gasteiger partial charge is 0.258 e. The lowest BCUT2D eigenvalue weighted by atomic mass is 10.1. The molecule has 0 aliphatic rings. The number of benzene rings is 3. The number of aryl methyl sites for hydroxylation is 1. The van der Waals surface area contributed by atoms with Crippen molar-refractivity contribution in [3.63, 3.8) is 0 Å². The first-order valence-electron chi connectivity index (χ1n) is 10.2. The van der Waals surface area contributed by atoms with Crippen LogP contribution in [0.25, 0.3) is 0 Å². The summed E-state index contributed by atoms with van der Waals surface area (Å²) in [6, 6.07) is 23.1. The Balaban J connectivity index is 1.41. The van der Waals surface area contributed by atoms with Gasteiger partial charge in [-0.05, 0) is 60.4 Å². The maximum absolute atomic E-state index is 12.4. The van der Waals surface area contributed by atoms with Crippen LogP contribution in [0.15, 0.2) is 83.8 Å². The van der Waals surface area contributed by atoms with Crippen LogP contribution in [0.2, 0.25) is 5.02 Å². The summed E-state index contributed by atoms with van der Waals surface area (Å²) in [5, 5.41) is 3.39. The monoisotopic (exact) mass is 472 g/mol.